The second-order valence-electron chi connectivity index (χ2n) is 2.80. The molecule has 0 fully saturated rings. The van der Waals surface area contributed by atoms with Crippen molar-refractivity contribution in [1.29, 1.82) is 0 Å². The van der Waals surface area contributed by atoms with Gasteiger partial charge in [-0.05, 0) is 42.7 Å². The quantitative estimate of drug-likeness (QED) is 0.629. The van der Waals surface area contributed by atoms with E-state index in [0.29, 0.717) is 0 Å². The topological polar surface area (TPSA) is 50.4 Å². The number of anilines is 1. The highest BCUT2D eigenvalue weighted by Gasteiger charge is 2.03. The number of methoxy groups -OCH3 is 1. The van der Waals surface area contributed by atoms with E-state index < -0.39 is 6.09 Å². The first-order chi connectivity index (χ1) is 7.65. The molecule has 6 heteroatoms. The summed E-state index contributed by atoms with van der Waals surface area (Å²) < 4.78 is 4.41. The summed E-state index contributed by atoms with van der Waals surface area (Å²) in [6.45, 7) is 0. The summed E-state index contributed by atoms with van der Waals surface area (Å²) in [5, 5.41) is 5.44. The average molecular weight is 256 g/mol. The molecule has 0 radical (unpaired) electrons. The van der Waals surface area contributed by atoms with Gasteiger partial charge in [-0.2, -0.15) is 0 Å². The third-order valence-electron chi connectivity index (χ3n) is 1.75. The maximum Gasteiger partial charge on any atom is 0.413 e. The van der Waals surface area contributed by atoms with Gasteiger partial charge in [-0.25, -0.2) is 4.79 Å². The highest BCUT2D eigenvalue weighted by Crippen LogP contribution is 2.17. The molecule has 0 heterocycles. The summed E-state index contributed by atoms with van der Waals surface area (Å²) >= 11 is 6.57. The van der Waals surface area contributed by atoms with Crippen LogP contribution in [0.4, 0.5) is 10.5 Å². The maximum atomic E-state index is 10.8. The number of alkyl carbamates (subject to hydrolysis) is 1. The van der Waals surface area contributed by atoms with Gasteiger partial charge in [0.15, 0.2) is 5.11 Å². The molecule has 0 atom stereocenters. The van der Waals surface area contributed by atoms with Crippen LogP contribution in [-0.2, 0) is 4.74 Å². The van der Waals surface area contributed by atoms with E-state index in [9.17, 15) is 4.79 Å². The molecule has 0 bridgehead atoms. The Hall–Kier alpha value is -1.27. The molecule has 0 aliphatic heterocycles. The second kappa shape index (κ2) is 6.34. The van der Waals surface area contributed by atoms with Crippen LogP contribution in [0.5, 0.6) is 0 Å². The third-order valence-corrected chi connectivity index (χ3v) is 2.70. The molecule has 16 heavy (non-hydrogen) atoms. The zero-order chi connectivity index (χ0) is 12.0. The summed E-state index contributed by atoms with van der Waals surface area (Å²) in [6, 6.07) is 7.70. The molecule has 0 unspecified atom stereocenters. The molecule has 1 aromatic carbocycles. The molecular weight excluding hydrogens is 244 g/mol. The Balaban J connectivity index is 2.52. The van der Waals surface area contributed by atoms with Gasteiger partial charge in [0, 0.05) is 10.6 Å². The van der Waals surface area contributed by atoms with Gasteiger partial charge in [0.1, 0.15) is 0 Å². The lowest BCUT2D eigenvalue weighted by Crippen LogP contribution is -2.33. The number of ether oxygens (including phenoxy) is 1. The van der Waals surface area contributed by atoms with Gasteiger partial charge >= 0.3 is 6.09 Å². The van der Waals surface area contributed by atoms with Gasteiger partial charge in [0.2, 0.25) is 0 Å². The standard InChI is InChI=1S/C10H12N2O2S2/c1-14-10(13)12-9(15)11-7-3-5-8(16-2)6-4-7/h3-6H,1-2H3,(H2,11,12,13,15). The molecule has 0 saturated carbocycles. The smallest absolute Gasteiger partial charge is 0.413 e. The van der Waals surface area contributed by atoms with Crippen LogP contribution in [0.25, 0.3) is 0 Å². The zero-order valence-corrected chi connectivity index (χ0v) is 10.6. The van der Waals surface area contributed by atoms with Gasteiger partial charge in [-0.1, -0.05) is 0 Å². The first kappa shape index (κ1) is 12.8. The Morgan fingerprint density at radius 3 is 2.50 bits per heavy atom. The first-order valence-electron chi connectivity index (χ1n) is 4.45. The van der Waals surface area contributed by atoms with Crippen molar-refractivity contribution in [1.82, 2.24) is 5.32 Å². The van der Waals surface area contributed by atoms with E-state index in [1.165, 1.54) is 7.11 Å². The van der Waals surface area contributed by atoms with Crippen LogP contribution in [0, 0.1) is 0 Å². The minimum atomic E-state index is -0.585. The Morgan fingerprint density at radius 1 is 1.38 bits per heavy atom. The van der Waals surface area contributed by atoms with E-state index in [1.54, 1.807) is 11.8 Å². The molecule has 86 valence electrons. The van der Waals surface area contributed by atoms with Crippen LogP contribution in [0.3, 0.4) is 0 Å². The summed E-state index contributed by atoms with van der Waals surface area (Å²) in [6.07, 6.45) is 1.42. The van der Waals surface area contributed by atoms with E-state index >= 15 is 0 Å². The normalized spacial score (nSPS) is 9.38. The van der Waals surface area contributed by atoms with Crippen molar-refractivity contribution < 1.29 is 9.53 Å². The van der Waals surface area contributed by atoms with Crippen LogP contribution < -0.4 is 10.6 Å². The van der Waals surface area contributed by atoms with Gasteiger partial charge in [0.05, 0.1) is 7.11 Å². The molecule has 0 saturated heterocycles. The highest BCUT2D eigenvalue weighted by atomic mass is 32.2. The highest BCUT2D eigenvalue weighted by molar-refractivity contribution is 7.98. The van der Waals surface area contributed by atoms with E-state index in [4.69, 9.17) is 12.2 Å². The number of carbonyl (C=O) groups excluding carboxylic acids is 1. The molecular formula is C10H12N2O2S2. The van der Waals surface area contributed by atoms with Crippen LogP contribution in [0.15, 0.2) is 29.2 Å². The van der Waals surface area contributed by atoms with Crippen molar-refractivity contribution in [2.45, 2.75) is 4.90 Å². The van der Waals surface area contributed by atoms with E-state index in [2.05, 4.69) is 15.4 Å². The fraction of sp³-hybridized carbons (Fsp3) is 0.200. The fourth-order valence-electron chi connectivity index (χ4n) is 0.980. The Morgan fingerprint density at radius 2 is 2.00 bits per heavy atom. The lowest BCUT2D eigenvalue weighted by Gasteiger charge is -2.08. The zero-order valence-electron chi connectivity index (χ0n) is 8.94. The van der Waals surface area contributed by atoms with Crippen molar-refractivity contribution in [2.24, 2.45) is 0 Å². The first-order valence-corrected chi connectivity index (χ1v) is 6.09. The minimum Gasteiger partial charge on any atom is -0.453 e. The van der Waals surface area contributed by atoms with Crippen molar-refractivity contribution in [3.05, 3.63) is 24.3 Å². The molecule has 0 spiro atoms. The predicted molar refractivity (Wildman–Crippen MR) is 70.0 cm³/mol. The van der Waals surface area contributed by atoms with Crippen molar-refractivity contribution in [2.75, 3.05) is 18.7 Å². The van der Waals surface area contributed by atoms with Crippen LogP contribution in [-0.4, -0.2) is 24.6 Å². The third kappa shape index (κ3) is 4.08. The molecule has 1 rings (SSSR count). The molecule has 0 aliphatic carbocycles. The van der Waals surface area contributed by atoms with Crippen LogP contribution >= 0.6 is 24.0 Å². The van der Waals surface area contributed by atoms with Gasteiger partial charge in [0.25, 0.3) is 0 Å². The van der Waals surface area contributed by atoms with Crippen LogP contribution in [0.1, 0.15) is 0 Å². The number of hydrogen-bond donors (Lipinski definition) is 2. The Bertz CT molecular complexity index is 379. The van der Waals surface area contributed by atoms with E-state index in [-0.39, 0.29) is 5.11 Å². The lowest BCUT2D eigenvalue weighted by atomic mass is 10.3. The SMILES string of the molecule is COC(=O)NC(=S)Nc1ccc(SC)cc1. The van der Waals surface area contributed by atoms with Crippen molar-refractivity contribution in [3.63, 3.8) is 0 Å². The number of hydrogen-bond acceptors (Lipinski definition) is 4. The van der Waals surface area contributed by atoms with E-state index in [0.717, 1.165) is 10.6 Å². The number of carbonyl (C=O) groups is 1. The number of nitrogens with one attached hydrogen (secondary N) is 2. The Labute approximate surface area is 104 Å². The second-order valence-corrected chi connectivity index (χ2v) is 4.09. The van der Waals surface area contributed by atoms with Crippen molar-refractivity contribution >= 4 is 40.9 Å². The number of thioether (sulfide) groups is 1. The largest absolute Gasteiger partial charge is 0.453 e. The summed E-state index contributed by atoms with van der Waals surface area (Å²) in [5.74, 6) is 0. The average Bonchev–Trinajstić information content (AvgIpc) is 2.29. The summed E-state index contributed by atoms with van der Waals surface area (Å²) in [7, 11) is 1.28. The maximum absolute atomic E-state index is 10.8. The Kier molecular flexibility index (Phi) is 5.07. The molecule has 1 aromatic rings. The van der Waals surface area contributed by atoms with E-state index in [1.807, 2.05) is 30.5 Å². The molecule has 2 N–H and O–H groups in total. The molecule has 4 nitrogen and oxygen atoms in total. The predicted octanol–water partition coefficient (Wildman–Crippen LogP) is 2.46. The number of thiocarbonyl (C=S) groups is 1. The molecule has 0 aliphatic rings. The summed E-state index contributed by atoms with van der Waals surface area (Å²) in [5.41, 5.74) is 0.819. The van der Waals surface area contributed by atoms with Crippen LogP contribution in [0.2, 0.25) is 0 Å². The number of benzene rings is 1. The fourth-order valence-corrected chi connectivity index (χ4v) is 1.59. The number of rotatable bonds is 2. The van der Waals surface area contributed by atoms with Crippen molar-refractivity contribution in [3.8, 4) is 0 Å². The number of amides is 1. The monoisotopic (exact) mass is 256 g/mol. The van der Waals surface area contributed by atoms with Gasteiger partial charge < -0.3 is 10.1 Å². The molecule has 1 amide bonds. The van der Waals surface area contributed by atoms with Gasteiger partial charge in [-0.3, -0.25) is 5.32 Å². The van der Waals surface area contributed by atoms with Gasteiger partial charge in [-0.15, -0.1) is 11.8 Å². The minimum absolute atomic E-state index is 0.212. The summed E-state index contributed by atoms with van der Waals surface area (Å²) in [4.78, 5) is 12.0. The molecule has 0 aromatic heterocycles. The lowest BCUT2D eigenvalue weighted by molar-refractivity contribution is 0.177.